The summed E-state index contributed by atoms with van der Waals surface area (Å²) in [5, 5.41) is 247. The van der Waals surface area contributed by atoms with Crippen molar-refractivity contribution in [1.29, 1.82) is 0 Å². The maximum absolute atomic E-state index is 12.9. The summed E-state index contributed by atoms with van der Waals surface area (Å²) in [5.41, 5.74) is 0. The molecule has 0 aromatic rings. The Labute approximate surface area is 549 Å². The molecule has 0 saturated carbocycles. The Balaban J connectivity index is 1.01. The van der Waals surface area contributed by atoms with Gasteiger partial charge in [-0.25, -0.2) is 0 Å². The highest BCUT2D eigenvalue weighted by Gasteiger charge is 2.59. The van der Waals surface area contributed by atoms with E-state index in [-0.39, 0.29) is 0 Å². The Kier molecular flexibility index (Phi) is 28.3. The summed E-state index contributed by atoms with van der Waals surface area (Å²) in [7, 11) is 0. The van der Waals surface area contributed by atoms with E-state index in [1.807, 2.05) is 0 Å². The van der Waals surface area contributed by atoms with Crippen molar-refractivity contribution in [3.05, 3.63) is 0 Å². The second-order valence-electron chi connectivity index (χ2n) is 24.7. The van der Waals surface area contributed by atoms with Gasteiger partial charge in [-0.05, 0) is 6.92 Å². The first kappa shape index (κ1) is 79.6. The Morgan fingerprint density at radius 2 is 0.598 bits per heavy atom. The molecule has 3 amide bonds. The first-order valence-electron chi connectivity index (χ1n) is 31.0. The van der Waals surface area contributed by atoms with E-state index >= 15 is 0 Å². The van der Waals surface area contributed by atoms with Gasteiger partial charge in [-0.15, -0.1) is 0 Å². The van der Waals surface area contributed by atoms with Crippen molar-refractivity contribution < 1.29 is 198 Å². The largest absolute Gasteiger partial charge is 0.394 e. The summed E-state index contributed by atoms with van der Waals surface area (Å²) in [6.45, 7) is -2.33. The number of aliphatic hydroxyl groups is 22. The fourth-order valence-corrected chi connectivity index (χ4v) is 12.3. The highest BCUT2D eigenvalue weighted by Crippen LogP contribution is 2.37. The third-order valence-corrected chi connectivity index (χ3v) is 17.8. The van der Waals surface area contributed by atoms with Gasteiger partial charge in [0.2, 0.25) is 17.7 Å². The smallest absolute Gasteiger partial charge is 0.217 e. The molecule has 8 heterocycles. The fraction of sp³-hybridized carbons (Fsp3) is 0.944. The number of amides is 3. The zero-order chi connectivity index (χ0) is 71.5. The molecule has 43 nitrogen and oxygen atoms in total. The van der Waals surface area contributed by atoms with Crippen LogP contribution < -0.4 is 16.0 Å². The molecule has 0 bridgehead atoms. The SMILES string of the molecule is CC(=O)N[C@H]1[C@H](O[C@H]2[C@H](O)[C@@H](NC(C)=O)C(O)O[C@@H]2CO[C@@H]2O[C@@H](C)[C@@H](O)[C@@H](O)[C@@H]2O)O[C@H](CO)[C@@H](O[C@@H]2O[C@H](CO[C@H]3O[C@H](CO[C@@H]4O[C@H](CO)[C@@H](O[C@@H]5O[C@H](CO)[C@H](O)[C@H](O)[C@H]5O)[C@H](O)[C@H]4NC(C)=O)[C@@H](O)[C@H](O)[C@@H]3O)[C@@H](O)[C@H](O[C@H]3O[C@H](CO)[C@@H](O)[C@H](O)[C@@H]3O)[C@@H]2O)[C@@H]1O. The third kappa shape index (κ3) is 17.8. The van der Waals surface area contributed by atoms with Gasteiger partial charge >= 0.3 is 0 Å². The molecule has 0 spiro atoms. The minimum atomic E-state index is -2.36. The maximum Gasteiger partial charge on any atom is 0.217 e. The number of hydrogen-bond acceptors (Lipinski definition) is 40. The van der Waals surface area contributed by atoms with E-state index in [9.17, 15) is 127 Å². The highest BCUT2D eigenvalue weighted by molar-refractivity contribution is 5.74. The van der Waals surface area contributed by atoms with Crippen LogP contribution in [0.2, 0.25) is 0 Å². The fourth-order valence-electron chi connectivity index (χ4n) is 12.3. The molecule has 40 atom stereocenters. The number of carbonyl (C=O) groups excluding carboxylic acids is 3. The molecule has 43 heteroatoms. The molecule has 97 heavy (non-hydrogen) atoms. The molecular weight excluding hydrogens is 1330 g/mol. The second kappa shape index (κ2) is 34.5. The number of nitrogens with one attached hydrogen (secondary N) is 3. The summed E-state index contributed by atoms with van der Waals surface area (Å²) >= 11 is 0. The zero-order valence-electron chi connectivity index (χ0n) is 52.2. The van der Waals surface area contributed by atoms with Crippen LogP contribution in [0.4, 0.5) is 0 Å². The van der Waals surface area contributed by atoms with Crippen LogP contribution in [0, 0.1) is 0 Å². The molecule has 8 fully saturated rings. The van der Waals surface area contributed by atoms with Crippen molar-refractivity contribution in [2.24, 2.45) is 0 Å². The Bertz CT molecular complexity index is 2490. The summed E-state index contributed by atoms with van der Waals surface area (Å²) in [4.78, 5) is 37.7. The van der Waals surface area contributed by atoms with Gasteiger partial charge in [0, 0.05) is 20.8 Å². The zero-order valence-corrected chi connectivity index (χ0v) is 52.2. The van der Waals surface area contributed by atoms with Crippen molar-refractivity contribution in [2.45, 2.75) is 273 Å². The van der Waals surface area contributed by atoms with Crippen LogP contribution in [-0.4, -0.2) is 422 Å². The lowest BCUT2D eigenvalue weighted by molar-refractivity contribution is -0.384. The molecule has 1 unspecified atom stereocenters. The average Bonchev–Trinajstić information content (AvgIpc) is 0.774. The Morgan fingerprint density at radius 1 is 0.289 bits per heavy atom. The summed E-state index contributed by atoms with van der Waals surface area (Å²) < 4.78 is 86.8. The van der Waals surface area contributed by atoms with Gasteiger partial charge in [-0.2, -0.15) is 0 Å². The van der Waals surface area contributed by atoms with E-state index in [1.165, 1.54) is 6.92 Å². The van der Waals surface area contributed by atoms with Crippen LogP contribution in [0.3, 0.4) is 0 Å². The number of ether oxygens (including phenoxy) is 15. The standard InChI is InChI=1S/C54H91N3O40/c1-12-26(65)34(73)38(77)50(86-12)85-11-22-45(31(70)23(47(82)87-22)55-13(2)62)94-49-25(57-15(4)64)33(72)44(19(8-61)91-49)96-54-42(81)46(97-53-41(80)36(75)28(67)17(6-59)89-53)30(69)21(93-54)10-84-51-39(78)37(76)29(68)20(92-51)9-83-48-24(56-14(3)63)32(71)43(18(7-60)90-48)95-52-40(79)35(74)27(66)16(5-58)88-52/h12,16-54,58-61,65-82H,5-11H2,1-4H3,(H,55,62)(H,56,63)(H,57,64)/t12-,16+,17+,18+,19+,20+,21+,22+,23+,24+,25+,26+,27-,28+,29+,30+,31+,32+,33+,34+,35-,36-,37-,38-,39-,40+,41-,42-,43+,44+,45+,46-,47?,48+,49-,50+,51-,52-,53+,54-/m0/s1. The van der Waals surface area contributed by atoms with Crippen LogP contribution in [0.15, 0.2) is 0 Å². The van der Waals surface area contributed by atoms with Crippen LogP contribution >= 0.6 is 0 Å². The molecule has 25 N–H and O–H groups in total. The lowest BCUT2D eigenvalue weighted by atomic mass is 9.94. The molecular formula is C54H91N3O40. The first-order chi connectivity index (χ1) is 45.8. The van der Waals surface area contributed by atoms with Crippen molar-refractivity contribution >= 4 is 17.7 Å². The first-order valence-corrected chi connectivity index (χ1v) is 31.0. The number of carbonyl (C=O) groups is 3. The maximum atomic E-state index is 12.9. The summed E-state index contributed by atoms with van der Waals surface area (Å²) in [6.07, 6.45) is -71.1. The predicted molar refractivity (Wildman–Crippen MR) is 298 cm³/mol. The lowest BCUT2D eigenvalue weighted by Gasteiger charge is -2.50. The number of rotatable bonds is 24. The molecule has 0 aromatic carbocycles. The topological polar surface area (TPSA) is 671 Å². The van der Waals surface area contributed by atoms with Gasteiger partial charge in [0.05, 0.1) is 52.4 Å². The van der Waals surface area contributed by atoms with Crippen LogP contribution in [-0.2, 0) is 85.4 Å². The third-order valence-electron chi connectivity index (χ3n) is 17.8. The quantitative estimate of drug-likeness (QED) is 0.0427. The monoisotopic (exact) mass is 1420 g/mol. The lowest BCUT2D eigenvalue weighted by Crippen LogP contribution is -2.70. The molecule has 8 saturated heterocycles. The molecule has 0 aliphatic carbocycles. The van der Waals surface area contributed by atoms with Crippen molar-refractivity contribution in [3.8, 4) is 0 Å². The minimum absolute atomic E-state index is 0.781. The van der Waals surface area contributed by atoms with Gasteiger partial charge in [0.25, 0.3) is 0 Å². The highest BCUT2D eigenvalue weighted by atomic mass is 16.8. The Hall–Kier alpha value is -3.07. The van der Waals surface area contributed by atoms with Crippen molar-refractivity contribution in [3.63, 3.8) is 0 Å². The van der Waals surface area contributed by atoms with Gasteiger partial charge in [0.1, 0.15) is 189 Å². The summed E-state index contributed by atoms with van der Waals surface area (Å²) in [5.74, 6) is -2.51. The van der Waals surface area contributed by atoms with Crippen molar-refractivity contribution in [1.82, 2.24) is 16.0 Å². The average molecular weight is 1420 g/mol. The van der Waals surface area contributed by atoms with E-state index in [0.29, 0.717) is 0 Å². The minimum Gasteiger partial charge on any atom is -0.394 e. The van der Waals surface area contributed by atoms with E-state index in [2.05, 4.69) is 16.0 Å². The molecule has 562 valence electrons. The van der Waals surface area contributed by atoms with E-state index in [1.54, 1.807) is 0 Å². The van der Waals surface area contributed by atoms with E-state index < -0.39 is 309 Å². The molecule has 0 radical (unpaired) electrons. The predicted octanol–water partition coefficient (Wildman–Crippen LogP) is -17.0. The molecule has 8 aliphatic rings. The molecule has 0 aromatic heterocycles. The molecule has 8 rings (SSSR count). The number of hydrogen-bond donors (Lipinski definition) is 25. The van der Waals surface area contributed by atoms with Crippen molar-refractivity contribution in [2.75, 3.05) is 46.2 Å². The van der Waals surface area contributed by atoms with Crippen LogP contribution in [0.5, 0.6) is 0 Å². The normalized spacial score (nSPS) is 49.9. The van der Waals surface area contributed by atoms with Gasteiger partial charge < -0.3 is 199 Å². The Morgan fingerprint density at radius 3 is 1.07 bits per heavy atom. The van der Waals surface area contributed by atoms with E-state index in [0.717, 1.165) is 20.8 Å². The number of aliphatic hydroxyl groups excluding tert-OH is 22. The van der Waals surface area contributed by atoms with Crippen LogP contribution in [0.1, 0.15) is 27.7 Å². The second-order valence-corrected chi connectivity index (χ2v) is 24.7. The van der Waals surface area contributed by atoms with Gasteiger partial charge in [-0.3, -0.25) is 14.4 Å². The van der Waals surface area contributed by atoms with E-state index in [4.69, 9.17) is 71.1 Å². The summed E-state index contributed by atoms with van der Waals surface area (Å²) in [6, 6.07) is -5.21. The van der Waals surface area contributed by atoms with Gasteiger partial charge in [0.15, 0.2) is 50.3 Å². The van der Waals surface area contributed by atoms with Crippen LogP contribution in [0.25, 0.3) is 0 Å². The molecule has 8 aliphatic heterocycles. The van der Waals surface area contributed by atoms with Gasteiger partial charge in [-0.1, -0.05) is 0 Å².